The van der Waals surface area contributed by atoms with Gasteiger partial charge in [0.1, 0.15) is 0 Å². The highest BCUT2D eigenvalue weighted by atomic mass is 14.9. The Balaban J connectivity index is 1.95. The molecule has 0 saturated carbocycles. The van der Waals surface area contributed by atoms with Gasteiger partial charge in [-0.3, -0.25) is 0 Å². The van der Waals surface area contributed by atoms with Crippen molar-refractivity contribution in [2.75, 3.05) is 19.6 Å². The van der Waals surface area contributed by atoms with E-state index in [0.29, 0.717) is 0 Å². The van der Waals surface area contributed by atoms with Crippen LogP contribution in [0.3, 0.4) is 0 Å². The molecule has 0 bridgehead atoms. The van der Waals surface area contributed by atoms with Crippen molar-refractivity contribution in [1.82, 2.24) is 10.6 Å². The van der Waals surface area contributed by atoms with Gasteiger partial charge in [-0.05, 0) is 93.9 Å². The van der Waals surface area contributed by atoms with Crippen molar-refractivity contribution in [1.29, 1.82) is 0 Å². The van der Waals surface area contributed by atoms with Gasteiger partial charge in [0.25, 0.3) is 0 Å². The summed E-state index contributed by atoms with van der Waals surface area (Å²) in [6, 6.07) is 2.31. The van der Waals surface area contributed by atoms with Crippen LogP contribution in [0.1, 0.15) is 40.7 Å². The zero-order chi connectivity index (χ0) is 13.8. The highest BCUT2D eigenvalue weighted by Crippen LogP contribution is 2.21. The van der Waals surface area contributed by atoms with E-state index < -0.39 is 0 Å². The molecule has 0 amide bonds. The van der Waals surface area contributed by atoms with Crippen LogP contribution < -0.4 is 10.6 Å². The Morgan fingerprint density at radius 2 is 1.63 bits per heavy atom. The molecule has 1 aromatic rings. The lowest BCUT2D eigenvalue weighted by Gasteiger charge is -2.23. The Labute approximate surface area is 118 Å². The maximum atomic E-state index is 3.68. The smallest absolute Gasteiger partial charge is 0.0211 e. The molecule has 0 unspecified atom stereocenters. The first-order valence-electron chi connectivity index (χ1n) is 7.57. The summed E-state index contributed by atoms with van der Waals surface area (Å²) in [5.41, 5.74) is 7.26. The monoisotopic (exact) mass is 260 g/mol. The second kappa shape index (κ2) is 6.53. The molecular weight excluding hydrogens is 232 g/mol. The Kier molecular flexibility index (Phi) is 5.00. The number of nitrogens with one attached hydrogen (secondary N) is 2. The van der Waals surface area contributed by atoms with Gasteiger partial charge >= 0.3 is 0 Å². The number of hydrogen-bond donors (Lipinski definition) is 2. The third-order valence-electron chi connectivity index (χ3n) is 4.71. The van der Waals surface area contributed by atoms with Crippen LogP contribution in [0.25, 0.3) is 0 Å². The first kappa shape index (κ1) is 14.5. The molecule has 2 heteroatoms. The van der Waals surface area contributed by atoms with Crippen LogP contribution in [0.2, 0.25) is 0 Å². The summed E-state index contributed by atoms with van der Waals surface area (Å²) < 4.78 is 0. The van der Waals surface area contributed by atoms with E-state index in [0.717, 1.165) is 19.0 Å². The van der Waals surface area contributed by atoms with Crippen LogP contribution in [0.5, 0.6) is 0 Å². The molecule has 0 aromatic heterocycles. The average Bonchev–Trinajstić information content (AvgIpc) is 2.42. The summed E-state index contributed by atoms with van der Waals surface area (Å²) in [4.78, 5) is 0. The molecule has 0 spiro atoms. The van der Waals surface area contributed by atoms with E-state index in [1.165, 1.54) is 53.7 Å². The minimum atomic E-state index is 0.854. The van der Waals surface area contributed by atoms with Gasteiger partial charge in [0, 0.05) is 6.54 Å². The van der Waals surface area contributed by atoms with Crippen LogP contribution in [0.4, 0.5) is 0 Å². The van der Waals surface area contributed by atoms with Crippen molar-refractivity contribution in [2.24, 2.45) is 5.92 Å². The number of rotatable bonds is 4. The van der Waals surface area contributed by atoms with Crippen LogP contribution in [0.15, 0.2) is 6.07 Å². The van der Waals surface area contributed by atoms with E-state index >= 15 is 0 Å². The number of aryl methyl sites for hydroxylation is 2. The van der Waals surface area contributed by atoms with Gasteiger partial charge in [-0.15, -0.1) is 0 Å². The number of piperidine rings is 1. The Hall–Kier alpha value is -0.860. The largest absolute Gasteiger partial charge is 0.317 e. The van der Waals surface area contributed by atoms with E-state index in [2.05, 4.69) is 44.4 Å². The SMILES string of the molecule is Cc1cc(C)c(C)c(CNCC2CCNCC2)c1C. The normalized spacial score (nSPS) is 16.8. The highest BCUT2D eigenvalue weighted by Gasteiger charge is 2.13. The molecule has 2 rings (SSSR count). The third-order valence-corrected chi connectivity index (χ3v) is 4.71. The molecule has 0 aliphatic carbocycles. The van der Waals surface area contributed by atoms with Crippen LogP contribution in [-0.4, -0.2) is 19.6 Å². The topological polar surface area (TPSA) is 24.1 Å². The maximum Gasteiger partial charge on any atom is 0.0211 e. The molecule has 0 radical (unpaired) electrons. The summed E-state index contributed by atoms with van der Waals surface area (Å²) in [5.74, 6) is 0.854. The molecule has 1 aliphatic rings. The minimum absolute atomic E-state index is 0.854. The molecule has 2 N–H and O–H groups in total. The van der Waals surface area contributed by atoms with Crippen molar-refractivity contribution in [3.63, 3.8) is 0 Å². The van der Waals surface area contributed by atoms with Gasteiger partial charge in [0.15, 0.2) is 0 Å². The zero-order valence-electron chi connectivity index (χ0n) is 12.9. The highest BCUT2D eigenvalue weighted by molar-refractivity contribution is 5.43. The first-order chi connectivity index (χ1) is 9.09. The van der Waals surface area contributed by atoms with Gasteiger partial charge in [0.05, 0.1) is 0 Å². The molecular formula is C17H28N2. The average molecular weight is 260 g/mol. The Morgan fingerprint density at radius 3 is 2.21 bits per heavy atom. The number of hydrogen-bond acceptors (Lipinski definition) is 2. The fourth-order valence-electron chi connectivity index (χ4n) is 3.05. The van der Waals surface area contributed by atoms with E-state index in [1.807, 2.05) is 0 Å². The lowest BCUT2D eigenvalue weighted by atomic mass is 9.93. The predicted octanol–water partition coefficient (Wildman–Crippen LogP) is 3.01. The minimum Gasteiger partial charge on any atom is -0.317 e. The molecule has 1 aliphatic heterocycles. The molecule has 1 saturated heterocycles. The van der Waals surface area contributed by atoms with Gasteiger partial charge < -0.3 is 10.6 Å². The first-order valence-corrected chi connectivity index (χ1v) is 7.57. The molecule has 0 atom stereocenters. The van der Waals surface area contributed by atoms with Crippen molar-refractivity contribution < 1.29 is 0 Å². The fraction of sp³-hybridized carbons (Fsp3) is 0.647. The Bertz CT molecular complexity index is 405. The van der Waals surface area contributed by atoms with E-state index in [-0.39, 0.29) is 0 Å². The predicted molar refractivity (Wildman–Crippen MR) is 82.7 cm³/mol. The third kappa shape index (κ3) is 3.58. The molecule has 2 nitrogen and oxygen atoms in total. The second-order valence-electron chi connectivity index (χ2n) is 6.06. The van der Waals surface area contributed by atoms with Gasteiger partial charge in [-0.2, -0.15) is 0 Å². The van der Waals surface area contributed by atoms with E-state index in [1.54, 1.807) is 0 Å². The van der Waals surface area contributed by atoms with Crippen molar-refractivity contribution >= 4 is 0 Å². The summed E-state index contributed by atoms with van der Waals surface area (Å²) in [7, 11) is 0. The summed E-state index contributed by atoms with van der Waals surface area (Å²) in [6.07, 6.45) is 2.63. The van der Waals surface area contributed by atoms with E-state index in [4.69, 9.17) is 0 Å². The summed E-state index contributed by atoms with van der Waals surface area (Å²) >= 11 is 0. The van der Waals surface area contributed by atoms with Crippen molar-refractivity contribution in [2.45, 2.75) is 47.1 Å². The molecule has 19 heavy (non-hydrogen) atoms. The molecule has 1 heterocycles. The molecule has 106 valence electrons. The second-order valence-corrected chi connectivity index (χ2v) is 6.06. The standard InChI is InChI=1S/C17H28N2/c1-12-9-13(2)15(4)17(14(12)3)11-19-10-16-5-7-18-8-6-16/h9,16,18-19H,5-8,10-11H2,1-4H3. The summed E-state index contributed by atoms with van der Waals surface area (Å²) in [5, 5.41) is 7.11. The van der Waals surface area contributed by atoms with Crippen LogP contribution >= 0.6 is 0 Å². The van der Waals surface area contributed by atoms with E-state index in [9.17, 15) is 0 Å². The van der Waals surface area contributed by atoms with Crippen LogP contribution in [0, 0.1) is 33.6 Å². The number of benzene rings is 1. The molecule has 1 fully saturated rings. The van der Waals surface area contributed by atoms with Crippen molar-refractivity contribution in [3.05, 3.63) is 33.9 Å². The zero-order valence-corrected chi connectivity index (χ0v) is 12.9. The lowest BCUT2D eigenvalue weighted by Crippen LogP contribution is -2.33. The van der Waals surface area contributed by atoms with Gasteiger partial charge in [-0.1, -0.05) is 6.07 Å². The quantitative estimate of drug-likeness (QED) is 0.869. The van der Waals surface area contributed by atoms with Gasteiger partial charge in [0.2, 0.25) is 0 Å². The molecule has 1 aromatic carbocycles. The maximum absolute atomic E-state index is 3.68. The Morgan fingerprint density at radius 1 is 1.05 bits per heavy atom. The lowest BCUT2D eigenvalue weighted by molar-refractivity contribution is 0.356. The van der Waals surface area contributed by atoms with Crippen molar-refractivity contribution in [3.8, 4) is 0 Å². The fourth-order valence-corrected chi connectivity index (χ4v) is 3.05. The van der Waals surface area contributed by atoms with Gasteiger partial charge in [-0.25, -0.2) is 0 Å². The van der Waals surface area contributed by atoms with Crippen LogP contribution in [-0.2, 0) is 6.54 Å². The summed E-state index contributed by atoms with van der Waals surface area (Å²) in [6.45, 7) is 13.5.